The van der Waals surface area contributed by atoms with Gasteiger partial charge >= 0.3 is 5.97 Å². The highest BCUT2D eigenvalue weighted by atomic mass is 32.2. The average molecular weight is 386 g/mol. The van der Waals surface area contributed by atoms with Crippen molar-refractivity contribution in [3.05, 3.63) is 71.8 Å². The summed E-state index contributed by atoms with van der Waals surface area (Å²) in [5, 5.41) is 12.3. The Balaban J connectivity index is 1.77. The van der Waals surface area contributed by atoms with Crippen molar-refractivity contribution in [3.63, 3.8) is 0 Å². The van der Waals surface area contributed by atoms with Crippen molar-refractivity contribution in [2.75, 3.05) is 18.2 Å². The first-order valence-electron chi connectivity index (χ1n) is 8.31. The van der Waals surface area contributed by atoms with E-state index in [4.69, 9.17) is 4.74 Å². The lowest BCUT2D eigenvalue weighted by Gasteiger charge is -2.11. The van der Waals surface area contributed by atoms with E-state index in [0.29, 0.717) is 18.2 Å². The molecule has 1 heterocycles. The van der Waals surface area contributed by atoms with Crippen molar-refractivity contribution in [2.24, 2.45) is 0 Å². The number of rotatable bonds is 8. The van der Waals surface area contributed by atoms with Gasteiger partial charge in [0.1, 0.15) is 5.82 Å². The minimum Gasteiger partial charge on any atom is -0.468 e. The zero-order valence-corrected chi connectivity index (χ0v) is 15.6. The molecule has 27 heavy (non-hydrogen) atoms. The van der Waals surface area contributed by atoms with Gasteiger partial charge in [-0.2, -0.15) is 0 Å². The van der Waals surface area contributed by atoms with E-state index in [0.717, 1.165) is 17.1 Å². The molecule has 0 spiro atoms. The van der Waals surface area contributed by atoms with Crippen LogP contribution in [0.5, 0.6) is 0 Å². The van der Waals surface area contributed by atoms with Crippen molar-refractivity contribution in [3.8, 4) is 0 Å². The summed E-state index contributed by atoms with van der Waals surface area (Å²) in [6.07, 6.45) is 0. The van der Waals surface area contributed by atoms with E-state index in [9.17, 15) is 9.18 Å². The minimum atomic E-state index is -0.319. The molecular formula is C19H19FN4O2S. The molecule has 1 N–H and O–H groups in total. The largest absolute Gasteiger partial charge is 0.468 e. The number of anilines is 1. The topological polar surface area (TPSA) is 69.0 Å². The smallest absolute Gasteiger partial charge is 0.316 e. The van der Waals surface area contributed by atoms with Gasteiger partial charge in [-0.25, -0.2) is 4.39 Å². The molecule has 2 aromatic carbocycles. The molecule has 3 rings (SSSR count). The van der Waals surface area contributed by atoms with Crippen LogP contribution >= 0.6 is 11.8 Å². The Kier molecular flexibility index (Phi) is 6.43. The van der Waals surface area contributed by atoms with Crippen molar-refractivity contribution in [2.45, 2.75) is 18.2 Å². The number of carbonyl (C=O) groups excluding carboxylic acids is 1. The number of methoxy groups -OCH3 is 1. The summed E-state index contributed by atoms with van der Waals surface area (Å²) in [5.41, 5.74) is 1.88. The number of halogens is 1. The molecule has 0 radical (unpaired) electrons. The average Bonchev–Trinajstić information content (AvgIpc) is 3.08. The number of aromatic nitrogens is 3. The second-order valence-electron chi connectivity index (χ2n) is 5.70. The number of nitrogens with one attached hydrogen (secondary N) is 1. The van der Waals surface area contributed by atoms with Gasteiger partial charge in [0.25, 0.3) is 0 Å². The van der Waals surface area contributed by atoms with Crippen LogP contribution in [0.2, 0.25) is 0 Å². The molecule has 140 valence electrons. The van der Waals surface area contributed by atoms with Gasteiger partial charge in [0.15, 0.2) is 11.0 Å². The number of ether oxygens (including phenoxy) is 1. The van der Waals surface area contributed by atoms with Crippen molar-refractivity contribution < 1.29 is 13.9 Å². The first kappa shape index (κ1) is 18.9. The van der Waals surface area contributed by atoms with E-state index in [1.165, 1.54) is 31.0 Å². The summed E-state index contributed by atoms with van der Waals surface area (Å²) in [4.78, 5) is 11.5. The molecule has 0 amide bonds. The van der Waals surface area contributed by atoms with Crippen LogP contribution in [-0.2, 0) is 22.6 Å². The van der Waals surface area contributed by atoms with Crippen LogP contribution in [0.1, 0.15) is 11.4 Å². The second kappa shape index (κ2) is 9.18. The van der Waals surface area contributed by atoms with E-state index in [1.807, 2.05) is 34.9 Å². The monoisotopic (exact) mass is 386 g/mol. The predicted octanol–water partition coefficient (Wildman–Crippen LogP) is 3.34. The number of carbonyl (C=O) groups is 1. The van der Waals surface area contributed by atoms with E-state index in [-0.39, 0.29) is 17.5 Å². The predicted molar refractivity (Wildman–Crippen MR) is 102 cm³/mol. The summed E-state index contributed by atoms with van der Waals surface area (Å²) in [6, 6.07) is 16.1. The van der Waals surface area contributed by atoms with Crippen LogP contribution < -0.4 is 5.32 Å². The van der Waals surface area contributed by atoms with Gasteiger partial charge in [-0.3, -0.25) is 4.79 Å². The Bertz CT molecular complexity index is 884. The summed E-state index contributed by atoms with van der Waals surface area (Å²) < 4.78 is 19.7. The van der Waals surface area contributed by atoms with Crippen LogP contribution in [-0.4, -0.2) is 33.6 Å². The Hall–Kier alpha value is -2.87. The van der Waals surface area contributed by atoms with E-state index < -0.39 is 0 Å². The molecule has 0 saturated heterocycles. The van der Waals surface area contributed by atoms with Gasteiger partial charge in [0.05, 0.1) is 26.0 Å². The molecule has 0 saturated carbocycles. The van der Waals surface area contributed by atoms with Gasteiger partial charge in [-0.1, -0.05) is 42.1 Å². The second-order valence-corrected chi connectivity index (χ2v) is 6.64. The zero-order chi connectivity index (χ0) is 19.1. The van der Waals surface area contributed by atoms with Crippen LogP contribution in [0.15, 0.2) is 59.8 Å². The molecule has 3 aromatic rings. The van der Waals surface area contributed by atoms with Gasteiger partial charge in [0.2, 0.25) is 0 Å². The molecule has 0 aliphatic carbocycles. The SMILES string of the molecule is COC(=O)CSc1nnc(CNc2ccc(F)cc2)n1Cc1ccccc1. The van der Waals surface area contributed by atoms with E-state index in [2.05, 4.69) is 15.5 Å². The third-order valence-corrected chi connectivity index (χ3v) is 4.76. The fraction of sp³-hybridized carbons (Fsp3) is 0.211. The molecule has 0 aliphatic heterocycles. The lowest BCUT2D eigenvalue weighted by molar-refractivity contribution is -0.137. The molecule has 0 aliphatic rings. The van der Waals surface area contributed by atoms with Crippen LogP contribution in [0.3, 0.4) is 0 Å². The first-order valence-corrected chi connectivity index (χ1v) is 9.29. The molecule has 0 fully saturated rings. The molecule has 6 nitrogen and oxygen atoms in total. The summed E-state index contributed by atoms with van der Waals surface area (Å²) in [5.74, 6) is 0.277. The molecular weight excluding hydrogens is 367 g/mol. The number of esters is 1. The van der Waals surface area contributed by atoms with Gasteiger partial charge in [-0.15, -0.1) is 10.2 Å². The maximum absolute atomic E-state index is 13.0. The van der Waals surface area contributed by atoms with Gasteiger partial charge < -0.3 is 14.6 Å². The standard InChI is InChI=1S/C19H19FN4O2S/c1-26-18(25)13-27-19-23-22-17(11-21-16-9-7-15(20)8-10-16)24(19)12-14-5-3-2-4-6-14/h2-10,21H,11-13H2,1H3. The lowest BCUT2D eigenvalue weighted by atomic mass is 10.2. The fourth-order valence-electron chi connectivity index (χ4n) is 2.41. The Labute approximate surface area is 160 Å². The maximum Gasteiger partial charge on any atom is 0.316 e. The fourth-order valence-corrected chi connectivity index (χ4v) is 3.20. The highest BCUT2D eigenvalue weighted by Gasteiger charge is 2.15. The van der Waals surface area contributed by atoms with Crippen LogP contribution in [0.25, 0.3) is 0 Å². The van der Waals surface area contributed by atoms with Crippen LogP contribution in [0.4, 0.5) is 10.1 Å². The number of hydrogen-bond donors (Lipinski definition) is 1. The van der Waals surface area contributed by atoms with Crippen molar-refractivity contribution in [1.29, 1.82) is 0 Å². The van der Waals surface area contributed by atoms with E-state index in [1.54, 1.807) is 12.1 Å². The molecule has 0 unspecified atom stereocenters. The lowest BCUT2D eigenvalue weighted by Crippen LogP contribution is -2.11. The number of benzene rings is 2. The first-order chi connectivity index (χ1) is 13.2. The molecule has 1 aromatic heterocycles. The Morgan fingerprint density at radius 1 is 1.15 bits per heavy atom. The third kappa shape index (κ3) is 5.30. The summed E-state index contributed by atoms with van der Waals surface area (Å²) >= 11 is 1.28. The summed E-state index contributed by atoms with van der Waals surface area (Å²) in [7, 11) is 1.36. The molecule has 0 bridgehead atoms. The zero-order valence-electron chi connectivity index (χ0n) is 14.8. The quantitative estimate of drug-likeness (QED) is 0.473. The summed E-state index contributed by atoms with van der Waals surface area (Å²) in [6.45, 7) is 1.00. The van der Waals surface area contributed by atoms with Gasteiger partial charge in [0, 0.05) is 5.69 Å². The number of thioether (sulfide) groups is 1. The van der Waals surface area contributed by atoms with E-state index >= 15 is 0 Å². The Morgan fingerprint density at radius 2 is 1.89 bits per heavy atom. The van der Waals surface area contributed by atoms with Crippen molar-refractivity contribution in [1.82, 2.24) is 14.8 Å². The highest BCUT2D eigenvalue weighted by molar-refractivity contribution is 7.99. The number of hydrogen-bond acceptors (Lipinski definition) is 6. The molecule has 8 heteroatoms. The third-order valence-electron chi connectivity index (χ3n) is 3.82. The van der Waals surface area contributed by atoms with Gasteiger partial charge in [-0.05, 0) is 29.8 Å². The maximum atomic E-state index is 13.0. The minimum absolute atomic E-state index is 0.162. The van der Waals surface area contributed by atoms with Crippen molar-refractivity contribution >= 4 is 23.4 Å². The Morgan fingerprint density at radius 3 is 2.59 bits per heavy atom. The normalized spacial score (nSPS) is 10.6. The highest BCUT2D eigenvalue weighted by Crippen LogP contribution is 2.20. The molecule has 0 atom stereocenters. The number of nitrogens with zero attached hydrogens (tertiary/aromatic N) is 3. The van der Waals surface area contributed by atoms with Crippen LogP contribution in [0, 0.1) is 5.82 Å².